The molecule has 0 fully saturated rings. The van der Waals surface area contributed by atoms with Crippen LogP contribution in [0.2, 0.25) is 0 Å². The van der Waals surface area contributed by atoms with Crippen LogP contribution in [0.25, 0.3) is 0 Å². The standard InChI is InChI=1S/C9H12.CH5N/c1-3-9-6-4-5-8(2)7-9;1-2/h4-7H,3H2,1-2H3;2H2,1H3. The number of hydrogen-bond donors (Lipinski definition) is 1. The van der Waals surface area contributed by atoms with Crippen LogP contribution < -0.4 is 5.73 Å². The Morgan fingerprint density at radius 1 is 1.27 bits per heavy atom. The first-order valence-corrected chi connectivity index (χ1v) is 3.96. The van der Waals surface area contributed by atoms with E-state index in [1.54, 1.807) is 0 Å². The van der Waals surface area contributed by atoms with E-state index < -0.39 is 0 Å². The number of aryl methyl sites for hydroxylation is 2. The fourth-order valence-corrected chi connectivity index (χ4v) is 0.932. The van der Waals surface area contributed by atoms with E-state index in [-0.39, 0.29) is 0 Å². The van der Waals surface area contributed by atoms with Gasteiger partial charge in [-0.25, -0.2) is 0 Å². The minimum Gasteiger partial charge on any atom is -0.333 e. The molecular weight excluding hydrogens is 134 g/mol. The summed E-state index contributed by atoms with van der Waals surface area (Å²) in [6.45, 7) is 4.30. The van der Waals surface area contributed by atoms with Crippen LogP contribution in [-0.2, 0) is 6.42 Å². The van der Waals surface area contributed by atoms with Gasteiger partial charge in [-0.3, -0.25) is 0 Å². The number of rotatable bonds is 1. The molecule has 0 amide bonds. The third-order valence-electron chi connectivity index (χ3n) is 1.49. The van der Waals surface area contributed by atoms with Crippen LogP contribution in [0.4, 0.5) is 0 Å². The monoisotopic (exact) mass is 151 g/mol. The molecule has 0 bridgehead atoms. The normalized spacial score (nSPS) is 8.36. The van der Waals surface area contributed by atoms with Crippen molar-refractivity contribution >= 4 is 0 Å². The molecule has 0 aliphatic carbocycles. The van der Waals surface area contributed by atoms with Crippen molar-refractivity contribution < 1.29 is 0 Å². The largest absolute Gasteiger partial charge is 0.333 e. The third-order valence-corrected chi connectivity index (χ3v) is 1.49. The molecule has 2 N–H and O–H groups in total. The molecule has 1 nitrogen and oxygen atoms in total. The van der Waals surface area contributed by atoms with Gasteiger partial charge in [0, 0.05) is 0 Å². The molecule has 0 spiro atoms. The average Bonchev–Trinajstić information content (AvgIpc) is 2.08. The van der Waals surface area contributed by atoms with Crippen LogP contribution in [-0.4, -0.2) is 7.05 Å². The molecule has 0 unspecified atom stereocenters. The summed E-state index contributed by atoms with van der Waals surface area (Å²) in [5.41, 5.74) is 7.28. The van der Waals surface area contributed by atoms with Crippen LogP contribution in [0, 0.1) is 6.92 Å². The SMILES string of the molecule is CCc1cccc(C)c1.CN. The molecule has 0 saturated carbocycles. The first-order chi connectivity index (χ1) is 5.33. The molecule has 0 aliphatic heterocycles. The summed E-state index contributed by atoms with van der Waals surface area (Å²) in [7, 11) is 1.50. The Labute approximate surface area is 69.2 Å². The second-order valence-electron chi connectivity index (χ2n) is 2.34. The zero-order chi connectivity index (χ0) is 8.69. The highest BCUT2D eigenvalue weighted by Crippen LogP contribution is 2.03. The molecule has 0 atom stereocenters. The Hall–Kier alpha value is -0.820. The molecule has 0 radical (unpaired) electrons. The summed E-state index contributed by atoms with van der Waals surface area (Å²) < 4.78 is 0. The summed E-state index contributed by atoms with van der Waals surface area (Å²) in [5, 5.41) is 0. The zero-order valence-electron chi connectivity index (χ0n) is 7.59. The van der Waals surface area contributed by atoms with E-state index in [0.717, 1.165) is 6.42 Å². The Morgan fingerprint density at radius 3 is 2.27 bits per heavy atom. The molecule has 0 aromatic heterocycles. The van der Waals surface area contributed by atoms with Crippen molar-refractivity contribution in [3.05, 3.63) is 35.4 Å². The Balaban J connectivity index is 0.000000461. The minimum absolute atomic E-state index is 1.14. The lowest BCUT2D eigenvalue weighted by atomic mass is 10.1. The van der Waals surface area contributed by atoms with Gasteiger partial charge in [-0.2, -0.15) is 0 Å². The summed E-state index contributed by atoms with van der Waals surface area (Å²) in [5.74, 6) is 0. The van der Waals surface area contributed by atoms with Crippen LogP contribution in [0.5, 0.6) is 0 Å². The van der Waals surface area contributed by atoms with Crippen LogP contribution in [0.3, 0.4) is 0 Å². The number of hydrogen-bond acceptors (Lipinski definition) is 1. The molecule has 1 aromatic carbocycles. The van der Waals surface area contributed by atoms with E-state index in [2.05, 4.69) is 43.8 Å². The smallest absolute Gasteiger partial charge is 0.0195 e. The van der Waals surface area contributed by atoms with Crippen molar-refractivity contribution in [3.8, 4) is 0 Å². The maximum absolute atomic E-state index is 4.50. The maximum atomic E-state index is 4.50. The first kappa shape index (κ1) is 10.2. The highest BCUT2D eigenvalue weighted by Gasteiger charge is 1.85. The van der Waals surface area contributed by atoms with Crippen LogP contribution in [0.15, 0.2) is 24.3 Å². The number of benzene rings is 1. The maximum Gasteiger partial charge on any atom is -0.0195 e. The van der Waals surface area contributed by atoms with E-state index >= 15 is 0 Å². The third kappa shape index (κ3) is 3.79. The van der Waals surface area contributed by atoms with Gasteiger partial charge in [0.1, 0.15) is 0 Å². The lowest BCUT2D eigenvalue weighted by Crippen LogP contribution is -1.78. The van der Waals surface area contributed by atoms with Crippen molar-refractivity contribution in [2.24, 2.45) is 5.73 Å². The van der Waals surface area contributed by atoms with E-state index in [0.29, 0.717) is 0 Å². The Morgan fingerprint density at radius 2 is 1.91 bits per heavy atom. The van der Waals surface area contributed by atoms with Crippen molar-refractivity contribution in [1.29, 1.82) is 0 Å². The average molecular weight is 151 g/mol. The lowest BCUT2D eigenvalue weighted by molar-refractivity contribution is 1.13. The summed E-state index contributed by atoms with van der Waals surface area (Å²) in [6.07, 6.45) is 1.14. The molecule has 0 saturated heterocycles. The second-order valence-corrected chi connectivity index (χ2v) is 2.34. The number of nitrogens with two attached hydrogens (primary N) is 1. The quantitative estimate of drug-likeness (QED) is 0.653. The fraction of sp³-hybridized carbons (Fsp3) is 0.400. The summed E-state index contributed by atoms with van der Waals surface area (Å²) in [6, 6.07) is 8.61. The van der Waals surface area contributed by atoms with Crippen molar-refractivity contribution in [2.75, 3.05) is 7.05 Å². The van der Waals surface area contributed by atoms with Gasteiger partial charge in [0.05, 0.1) is 0 Å². The van der Waals surface area contributed by atoms with E-state index in [1.165, 1.54) is 18.2 Å². The molecular formula is C10H17N. The summed E-state index contributed by atoms with van der Waals surface area (Å²) in [4.78, 5) is 0. The van der Waals surface area contributed by atoms with E-state index in [1.807, 2.05) is 0 Å². The van der Waals surface area contributed by atoms with Gasteiger partial charge < -0.3 is 5.73 Å². The molecule has 0 heterocycles. The minimum atomic E-state index is 1.14. The zero-order valence-corrected chi connectivity index (χ0v) is 7.59. The molecule has 1 heteroatoms. The van der Waals surface area contributed by atoms with Gasteiger partial charge in [-0.05, 0) is 26.0 Å². The van der Waals surface area contributed by atoms with Crippen molar-refractivity contribution in [1.82, 2.24) is 0 Å². The first-order valence-electron chi connectivity index (χ1n) is 3.96. The van der Waals surface area contributed by atoms with Gasteiger partial charge in [0.2, 0.25) is 0 Å². The molecule has 1 rings (SSSR count). The van der Waals surface area contributed by atoms with Gasteiger partial charge in [-0.15, -0.1) is 0 Å². The predicted molar refractivity (Wildman–Crippen MR) is 50.7 cm³/mol. The second kappa shape index (κ2) is 5.93. The van der Waals surface area contributed by atoms with Crippen LogP contribution >= 0.6 is 0 Å². The van der Waals surface area contributed by atoms with E-state index in [4.69, 9.17) is 0 Å². The van der Waals surface area contributed by atoms with Gasteiger partial charge in [0.15, 0.2) is 0 Å². The van der Waals surface area contributed by atoms with Gasteiger partial charge >= 0.3 is 0 Å². The van der Waals surface area contributed by atoms with Crippen LogP contribution in [0.1, 0.15) is 18.1 Å². The van der Waals surface area contributed by atoms with E-state index in [9.17, 15) is 0 Å². The molecule has 11 heavy (non-hydrogen) atoms. The van der Waals surface area contributed by atoms with Gasteiger partial charge in [0.25, 0.3) is 0 Å². The Kier molecular flexibility index (Phi) is 5.49. The highest BCUT2D eigenvalue weighted by molar-refractivity contribution is 5.21. The Bertz CT molecular complexity index is 194. The molecule has 62 valence electrons. The highest BCUT2D eigenvalue weighted by atomic mass is 14.4. The van der Waals surface area contributed by atoms with Gasteiger partial charge in [-0.1, -0.05) is 36.8 Å². The topological polar surface area (TPSA) is 26.0 Å². The fourth-order valence-electron chi connectivity index (χ4n) is 0.932. The van der Waals surface area contributed by atoms with Crippen molar-refractivity contribution in [3.63, 3.8) is 0 Å². The lowest BCUT2D eigenvalue weighted by Gasteiger charge is -1.95. The van der Waals surface area contributed by atoms with Crippen molar-refractivity contribution in [2.45, 2.75) is 20.3 Å². The summed E-state index contributed by atoms with van der Waals surface area (Å²) >= 11 is 0. The molecule has 0 aliphatic rings. The predicted octanol–water partition coefficient (Wildman–Crippen LogP) is 2.13. The molecule has 1 aromatic rings.